The summed E-state index contributed by atoms with van der Waals surface area (Å²) < 4.78 is 5.28. The minimum atomic E-state index is 0.683. The number of hydrogen-bond donors (Lipinski definition) is 1. The average molecular weight is 270 g/mol. The van der Waals surface area contributed by atoms with Crippen LogP contribution < -0.4 is 5.32 Å². The molecule has 1 N–H and O–H groups in total. The van der Waals surface area contributed by atoms with E-state index < -0.39 is 0 Å². The molecule has 0 spiro atoms. The zero-order valence-corrected chi connectivity index (χ0v) is 13.6. The van der Waals surface area contributed by atoms with Gasteiger partial charge in [-0.25, -0.2) is 0 Å². The van der Waals surface area contributed by atoms with Crippen molar-refractivity contribution in [1.82, 2.24) is 10.2 Å². The van der Waals surface area contributed by atoms with E-state index in [0.717, 1.165) is 37.5 Å². The Morgan fingerprint density at radius 1 is 1.11 bits per heavy atom. The van der Waals surface area contributed by atoms with Crippen molar-refractivity contribution in [3.8, 4) is 0 Å². The highest BCUT2D eigenvalue weighted by Crippen LogP contribution is 2.21. The lowest BCUT2D eigenvalue weighted by atomic mass is 9.93. The maximum Gasteiger partial charge on any atom is 0.0491 e. The van der Waals surface area contributed by atoms with Crippen LogP contribution in [0.25, 0.3) is 0 Å². The predicted octanol–water partition coefficient (Wildman–Crippen LogP) is 2.62. The molecule has 1 aliphatic heterocycles. The van der Waals surface area contributed by atoms with Gasteiger partial charge < -0.3 is 10.1 Å². The summed E-state index contributed by atoms with van der Waals surface area (Å²) in [5.74, 6) is 2.23. The number of piperidine rings is 1. The normalized spacial score (nSPS) is 20.4. The monoisotopic (exact) mass is 270 g/mol. The first kappa shape index (κ1) is 16.9. The van der Waals surface area contributed by atoms with Gasteiger partial charge in [-0.3, -0.25) is 4.90 Å². The summed E-state index contributed by atoms with van der Waals surface area (Å²) in [4.78, 5) is 2.68. The van der Waals surface area contributed by atoms with Gasteiger partial charge in [-0.1, -0.05) is 27.7 Å². The predicted molar refractivity (Wildman–Crippen MR) is 82.5 cm³/mol. The van der Waals surface area contributed by atoms with Crippen molar-refractivity contribution in [3.63, 3.8) is 0 Å². The van der Waals surface area contributed by atoms with Gasteiger partial charge in [0.05, 0.1) is 0 Å². The number of nitrogens with zero attached hydrogens (tertiary/aromatic N) is 1. The van der Waals surface area contributed by atoms with Crippen LogP contribution in [0.4, 0.5) is 0 Å². The second-order valence-electron chi connectivity index (χ2n) is 6.80. The Morgan fingerprint density at radius 2 is 1.74 bits per heavy atom. The molecule has 1 fully saturated rings. The zero-order chi connectivity index (χ0) is 14.3. The first-order chi connectivity index (χ1) is 9.04. The molecule has 0 aliphatic carbocycles. The summed E-state index contributed by atoms with van der Waals surface area (Å²) in [6, 6.07) is 0.683. The molecule has 1 unspecified atom stereocenters. The zero-order valence-electron chi connectivity index (χ0n) is 13.6. The lowest BCUT2D eigenvalue weighted by Crippen LogP contribution is -2.49. The van der Waals surface area contributed by atoms with Crippen LogP contribution in [0.5, 0.6) is 0 Å². The van der Waals surface area contributed by atoms with Crippen LogP contribution in [0, 0.1) is 17.8 Å². The Kier molecular flexibility index (Phi) is 7.96. The molecule has 0 aromatic heterocycles. The van der Waals surface area contributed by atoms with E-state index in [1.54, 1.807) is 0 Å². The summed E-state index contributed by atoms with van der Waals surface area (Å²) in [5, 5.41) is 3.63. The van der Waals surface area contributed by atoms with Gasteiger partial charge in [0, 0.05) is 26.3 Å². The Bertz CT molecular complexity index is 223. The van der Waals surface area contributed by atoms with Crippen molar-refractivity contribution >= 4 is 0 Å². The SMILES string of the molecule is COCC1CCN(C(CNCC(C)C)C(C)C)CC1. The highest BCUT2D eigenvalue weighted by Gasteiger charge is 2.26. The molecule has 0 aromatic carbocycles. The van der Waals surface area contributed by atoms with Gasteiger partial charge in [0.2, 0.25) is 0 Å². The first-order valence-corrected chi connectivity index (χ1v) is 7.98. The smallest absolute Gasteiger partial charge is 0.0491 e. The number of ether oxygens (including phenoxy) is 1. The van der Waals surface area contributed by atoms with E-state index >= 15 is 0 Å². The number of nitrogens with one attached hydrogen (secondary N) is 1. The van der Waals surface area contributed by atoms with Gasteiger partial charge in [-0.05, 0) is 50.2 Å². The molecule has 1 heterocycles. The lowest BCUT2D eigenvalue weighted by Gasteiger charge is -2.39. The molecule has 0 bridgehead atoms. The largest absolute Gasteiger partial charge is 0.384 e. The Balaban J connectivity index is 2.36. The third-order valence-corrected chi connectivity index (χ3v) is 4.20. The minimum Gasteiger partial charge on any atom is -0.384 e. The number of likely N-dealkylation sites (tertiary alicyclic amines) is 1. The molecule has 3 nitrogen and oxygen atoms in total. The second kappa shape index (κ2) is 8.93. The molecular weight excluding hydrogens is 236 g/mol. The van der Waals surface area contributed by atoms with E-state index in [9.17, 15) is 0 Å². The maximum atomic E-state index is 5.28. The molecule has 1 aliphatic rings. The lowest BCUT2D eigenvalue weighted by molar-refractivity contribution is 0.0659. The van der Waals surface area contributed by atoms with Crippen LogP contribution >= 0.6 is 0 Å². The van der Waals surface area contributed by atoms with Crippen molar-refractivity contribution in [1.29, 1.82) is 0 Å². The van der Waals surface area contributed by atoms with E-state index in [1.165, 1.54) is 25.9 Å². The molecule has 0 aromatic rings. The second-order valence-corrected chi connectivity index (χ2v) is 6.80. The van der Waals surface area contributed by atoms with E-state index in [0.29, 0.717) is 6.04 Å². The van der Waals surface area contributed by atoms with Gasteiger partial charge in [-0.2, -0.15) is 0 Å². The van der Waals surface area contributed by atoms with Crippen LogP contribution in [-0.4, -0.2) is 50.8 Å². The molecular formula is C16H34N2O. The maximum absolute atomic E-state index is 5.28. The highest BCUT2D eigenvalue weighted by molar-refractivity contribution is 4.82. The quantitative estimate of drug-likeness (QED) is 0.734. The Hall–Kier alpha value is -0.120. The highest BCUT2D eigenvalue weighted by atomic mass is 16.5. The van der Waals surface area contributed by atoms with Crippen LogP contribution in [-0.2, 0) is 4.74 Å². The number of hydrogen-bond acceptors (Lipinski definition) is 3. The summed E-state index contributed by atoms with van der Waals surface area (Å²) in [6.07, 6.45) is 2.59. The van der Waals surface area contributed by atoms with Crippen molar-refractivity contribution in [2.45, 2.75) is 46.6 Å². The third-order valence-electron chi connectivity index (χ3n) is 4.20. The molecule has 1 atom stereocenters. The number of rotatable bonds is 8. The fraction of sp³-hybridized carbons (Fsp3) is 1.00. The van der Waals surface area contributed by atoms with Crippen molar-refractivity contribution in [2.24, 2.45) is 17.8 Å². The van der Waals surface area contributed by atoms with Crippen LogP contribution in [0.1, 0.15) is 40.5 Å². The summed E-state index contributed by atoms with van der Waals surface area (Å²) in [7, 11) is 1.82. The Morgan fingerprint density at radius 3 is 2.21 bits per heavy atom. The van der Waals surface area contributed by atoms with E-state index in [-0.39, 0.29) is 0 Å². The van der Waals surface area contributed by atoms with Crippen molar-refractivity contribution in [2.75, 3.05) is 39.9 Å². The van der Waals surface area contributed by atoms with Crippen LogP contribution in [0.2, 0.25) is 0 Å². The third kappa shape index (κ3) is 6.24. The van der Waals surface area contributed by atoms with Crippen molar-refractivity contribution < 1.29 is 4.74 Å². The van der Waals surface area contributed by atoms with Gasteiger partial charge in [0.1, 0.15) is 0 Å². The first-order valence-electron chi connectivity index (χ1n) is 7.98. The summed E-state index contributed by atoms with van der Waals surface area (Å²) in [6.45, 7) is 14.9. The van der Waals surface area contributed by atoms with Gasteiger partial charge in [0.25, 0.3) is 0 Å². The van der Waals surface area contributed by atoms with Gasteiger partial charge >= 0.3 is 0 Å². The van der Waals surface area contributed by atoms with Crippen LogP contribution in [0.3, 0.4) is 0 Å². The molecule has 0 radical (unpaired) electrons. The Labute approximate surface area is 120 Å². The molecule has 0 saturated carbocycles. The molecule has 1 rings (SSSR count). The topological polar surface area (TPSA) is 24.5 Å². The minimum absolute atomic E-state index is 0.683. The van der Waals surface area contributed by atoms with E-state index in [1.807, 2.05) is 7.11 Å². The fourth-order valence-corrected chi connectivity index (χ4v) is 2.99. The molecule has 1 saturated heterocycles. The van der Waals surface area contributed by atoms with Crippen molar-refractivity contribution in [3.05, 3.63) is 0 Å². The van der Waals surface area contributed by atoms with Gasteiger partial charge in [0.15, 0.2) is 0 Å². The van der Waals surface area contributed by atoms with Crippen LogP contribution in [0.15, 0.2) is 0 Å². The van der Waals surface area contributed by atoms with E-state index in [2.05, 4.69) is 37.9 Å². The average Bonchev–Trinajstić information content (AvgIpc) is 2.35. The number of methoxy groups -OCH3 is 1. The molecule has 114 valence electrons. The van der Waals surface area contributed by atoms with E-state index in [4.69, 9.17) is 4.74 Å². The molecule has 19 heavy (non-hydrogen) atoms. The summed E-state index contributed by atoms with van der Waals surface area (Å²) in [5.41, 5.74) is 0. The fourth-order valence-electron chi connectivity index (χ4n) is 2.99. The summed E-state index contributed by atoms with van der Waals surface area (Å²) >= 11 is 0. The molecule has 0 amide bonds. The van der Waals surface area contributed by atoms with Gasteiger partial charge in [-0.15, -0.1) is 0 Å². The standard InChI is InChI=1S/C16H34N2O/c1-13(2)10-17-11-16(14(3)4)18-8-6-15(7-9-18)12-19-5/h13-17H,6-12H2,1-5H3. The molecule has 3 heteroatoms.